The predicted octanol–water partition coefficient (Wildman–Crippen LogP) is 4.03. The van der Waals surface area contributed by atoms with E-state index in [0.29, 0.717) is 25.7 Å². The van der Waals surface area contributed by atoms with Crippen LogP contribution in [0.4, 0.5) is 0 Å². The van der Waals surface area contributed by atoms with Gasteiger partial charge in [0.2, 0.25) is 5.91 Å². The molecule has 142 valence electrons. The second kappa shape index (κ2) is 8.56. The number of hydrogen-bond acceptors (Lipinski definition) is 3. The zero-order valence-corrected chi connectivity index (χ0v) is 15.5. The summed E-state index contributed by atoms with van der Waals surface area (Å²) in [5.74, 6) is 0.0237. The Kier molecular flexibility index (Phi) is 6.17. The van der Waals surface area contributed by atoms with E-state index >= 15 is 0 Å². The molecule has 0 radical (unpaired) electrons. The van der Waals surface area contributed by atoms with Crippen molar-refractivity contribution >= 4 is 11.9 Å². The number of rotatable bonds is 4. The minimum absolute atomic E-state index is 0.0237. The number of amides is 1. The smallest absolute Gasteiger partial charge is 0.306 e. The molecule has 1 unspecified atom stereocenters. The van der Waals surface area contributed by atoms with Gasteiger partial charge in [0, 0.05) is 12.5 Å². The summed E-state index contributed by atoms with van der Waals surface area (Å²) in [4.78, 5) is 26.5. The Morgan fingerprint density at radius 2 is 1.62 bits per heavy atom. The molecule has 1 N–H and O–H groups in total. The van der Waals surface area contributed by atoms with Crippen LogP contribution in [-0.4, -0.2) is 35.5 Å². The van der Waals surface area contributed by atoms with Crippen molar-refractivity contribution in [1.82, 2.24) is 4.90 Å². The maximum absolute atomic E-state index is 13.2. The minimum Gasteiger partial charge on any atom is -0.497 e. The third-order valence-electron chi connectivity index (χ3n) is 5.96. The van der Waals surface area contributed by atoms with Crippen molar-refractivity contribution in [2.75, 3.05) is 13.7 Å². The highest BCUT2D eigenvalue weighted by Crippen LogP contribution is 2.36. The molecular weight excluding hydrogens is 330 g/mol. The standard InChI is InChI=1S/C21H29NO4/c1-26-18-12-10-15(11-13-18)19-5-3-2-4-14-22(19)20(23)16-6-8-17(9-7-16)21(24)25/h10-13,16-17,19H,2-9,14H2,1H3,(H,24,25). The van der Waals surface area contributed by atoms with Gasteiger partial charge in [0.25, 0.3) is 0 Å². The number of benzene rings is 1. The van der Waals surface area contributed by atoms with Gasteiger partial charge in [0.1, 0.15) is 5.75 Å². The van der Waals surface area contributed by atoms with Crippen molar-refractivity contribution in [1.29, 1.82) is 0 Å². The monoisotopic (exact) mass is 359 g/mol. The van der Waals surface area contributed by atoms with Crippen molar-refractivity contribution in [2.45, 2.75) is 57.4 Å². The topological polar surface area (TPSA) is 66.8 Å². The number of methoxy groups -OCH3 is 1. The lowest BCUT2D eigenvalue weighted by Crippen LogP contribution is -2.40. The van der Waals surface area contributed by atoms with E-state index in [1.54, 1.807) is 7.11 Å². The molecule has 1 saturated carbocycles. The Labute approximate surface area is 155 Å². The molecule has 2 fully saturated rings. The molecule has 1 saturated heterocycles. The van der Waals surface area contributed by atoms with Gasteiger partial charge in [-0.3, -0.25) is 9.59 Å². The first-order valence-corrected chi connectivity index (χ1v) is 9.77. The van der Waals surface area contributed by atoms with Gasteiger partial charge >= 0.3 is 5.97 Å². The van der Waals surface area contributed by atoms with Gasteiger partial charge in [0.05, 0.1) is 19.1 Å². The van der Waals surface area contributed by atoms with Gasteiger partial charge in [-0.2, -0.15) is 0 Å². The summed E-state index contributed by atoms with van der Waals surface area (Å²) in [5.41, 5.74) is 1.17. The average molecular weight is 359 g/mol. The van der Waals surface area contributed by atoms with E-state index < -0.39 is 5.97 Å². The van der Waals surface area contributed by atoms with Crippen molar-refractivity contribution < 1.29 is 19.4 Å². The lowest BCUT2D eigenvalue weighted by molar-refractivity contribution is -0.146. The molecule has 5 nitrogen and oxygen atoms in total. The number of carbonyl (C=O) groups excluding carboxylic acids is 1. The second-order valence-corrected chi connectivity index (χ2v) is 7.56. The number of carbonyl (C=O) groups is 2. The van der Waals surface area contributed by atoms with Gasteiger partial charge in [-0.1, -0.05) is 25.0 Å². The SMILES string of the molecule is COc1ccc(C2CCCCCN2C(=O)C2CCC(C(=O)O)CC2)cc1. The summed E-state index contributed by atoms with van der Waals surface area (Å²) in [6.45, 7) is 0.800. The largest absolute Gasteiger partial charge is 0.497 e. The summed E-state index contributed by atoms with van der Waals surface area (Å²) >= 11 is 0. The van der Waals surface area contributed by atoms with E-state index in [2.05, 4.69) is 17.0 Å². The maximum Gasteiger partial charge on any atom is 0.306 e. The molecule has 0 spiro atoms. The highest BCUT2D eigenvalue weighted by atomic mass is 16.5. The lowest BCUT2D eigenvalue weighted by Gasteiger charge is -2.35. The van der Waals surface area contributed by atoms with Gasteiger partial charge in [-0.15, -0.1) is 0 Å². The lowest BCUT2D eigenvalue weighted by atomic mass is 9.81. The number of aliphatic carboxylic acids is 1. The zero-order valence-electron chi connectivity index (χ0n) is 15.5. The van der Waals surface area contributed by atoms with Crippen LogP contribution >= 0.6 is 0 Å². The van der Waals surface area contributed by atoms with Crippen molar-refractivity contribution in [3.8, 4) is 5.75 Å². The molecule has 1 aromatic carbocycles. The van der Waals surface area contributed by atoms with E-state index in [1.165, 1.54) is 5.56 Å². The molecule has 1 amide bonds. The van der Waals surface area contributed by atoms with E-state index in [9.17, 15) is 14.7 Å². The van der Waals surface area contributed by atoms with Gasteiger partial charge in [-0.05, 0) is 56.2 Å². The number of hydrogen-bond donors (Lipinski definition) is 1. The van der Waals surface area contributed by atoms with Crippen LogP contribution < -0.4 is 4.74 Å². The molecule has 0 aromatic heterocycles. The molecule has 1 heterocycles. The van der Waals surface area contributed by atoms with Crippen LogP contribution in [0.2, 0.25) is 0 Å². The average Bonchev–Trinajstić information content (AvgIpc) is 2.93. The minimum atomic E-state index is -0.721. The third-order valence-corrected chi connectivity index (χ3v) is 5.96. The molecule has 1 aliphatic heterocycles. The van der Waals surface area contributed by atoms with E-state index in [1.807, 2.05) is 12.1 Å². The van der Waals surface area contributed by atoms with Crippen LogP contribution in [-0.2, 0) is 9.59 Å². The van der Waals surface area contributed by atoms with Gasteiger partial charge < -0.3 is 14.7 Å². The van der Waals surface area contributed by atoms with Crippen LogP contribution in [0.1, 0.15) is 63.0 Å². The Morgan fingerprint density at radius 3 is 2.23 bits per heavy atom. The number of carboxylic acid groups (broad SMARTS) is 1. The molecular formula is C21H29NO4. The van der Waals surface area contributed by atoms with Gasteiger partial charge in [-0.25, -0.2) is 0 Å². The summed E-state index contributed by atoms with van der Waals surface area (Å²) in [7, 11) is 1.66. The van der Waals surface area contributed by atoms with Crippen LogP contribution in [0.3, 0.4) is 0 Å². The van der Waals surface area contributed by atoms with E-state index in [0.717, 1.165) is 38.0 Å². The van der Waals surface area contributed by atoms with Crippen LogP contribution in [0.25, 0.3) is 0 Å². The quantitative estimate of drug-likeness (QED) is 0.881. The fourth-order valence-corrected chi connectivity index (χ4v) is 4.37. The van der Waals surface area contributed by atoms with Crippen LogP contribution in [0, 0.1) is 11.8 Å². The first-order chi connectivity index (χ1) is 12.6. The second-order valence-electron chi connectivity index (χ2n) is 7.56. The molecule has 26 heavy (non-hydrogen) atoms. The van der Waals surface area contributed by atoms with E-state index in [4.69, 9.17) is 4.74 Å². The first-order valence-electron chi connectivity index (χ1n) is 9.77. The molecule has 2 aliphatic rings. The Hall–Kier alpha value is -2.04. The summed E-state index contributed by atoms with van der Waals surface area (Å²) in [5, 5.41) is 9.18. The Balaban J connectivity index is 1.73. The van der Waals surface area contributed by atoms with Crippen molar-refractivity contribution in [2.24, 2.45) is 11.8 Å². The van der Waals surface area contributed by atoms with Crippen molar-refractivity contribution in [3.63, 3.8) is 0 Å². The molecule has 5 heteroatoms. The summed E-state index contributed by atoms with van der Waals surface area (Å²) < 4.78 is 5.25. The van der Waals surface area contributed by atoms with Gasteiger partial charge in [0.15, 0.2) is 0 Å². The zero-order chi connectivity index (χ0) is 18.5. The van der Waals surface area contributed by atoms with E-state index in [-0.39, 0.29) is 23.8 Å². The first kappa shape index (κ1) is 18.7. The fraction of sp³-hybridized carbons (Fsp3) is 0.619. The molecule has 1 atom stereocenters. The molecule has 1 aromatic rings. The molecule has 3 rings (SSSR count). The third kappa shape index (κ3) is 4.19. The normalized spacial score (nSPS) is 26.8. The van der Waals surface area contributed by atoms with Crippen LogP contribution in [0.15, 0.2) is 24.3 Å². The number of likely N-dealkylation sites (tertiary alicyclic amines) is 1. The maximum atomic E-state index is 13.2. The van der Waals surface area contributed by atoms with Crippen molar-refractivity contribution in [3.05, 3.63) is 29.8 Å². The number of carboxylic acids is 1. The molecule has 0 bridgehead atoms. The summed E-state index contributed by atoms with van der Waals surface area (Å²) in [6.07, 6.45) is 6.95. The molecule has 1 aliphatic carbocycles. The van der Waals surface area contributed by atoms with Crippen LogP contribution in [0.5, 0.6) is 5.75 Å². The highest BCUT2D eigenvalue weighted by Gasteiger charge is 2.35. The Bertz CT molecular complexity index is 619. The fourth-order valence-electron chi connectivity index (χ4n) is 4.37. The summed E-state index contributed by atoms with van der Waals surface area (Å²) in [6, 6.07) is 8.17. The predicted molar refractivity (Wildman–Crippen MR) is 99.0 cm³/mol. The number of ether oxygens (including phenoxy) is 1. The highest BCUT2D eigenvalue weighted by molar-refractivity contribution is 5.80. The Morgan fingerprint density at radius 1 is 0.962 bits per heavy atom. The number of nitrogens with zero attached hydrogens (tertiary/aromatic N) is 1.